The number of anilines is 2. The Morgan fingerprint density at radius 1 is 0.452 bits per heavy atom. The molecule has 7 fully saturated rings. The zero-order valence-electron chi connectivity index (χ0n) is 23.9. The molecule has 0 saturated heterocycles. The summed E-state index contributed by atoms with van der Waals surface area (Å²) in [5.41, 5.74) is 16.7. The van der Waals surface area contributed by atoms with Gasteiger partial charge in [0.25, 0.3) is 0 Å². The molecular weight excluding hydrogens is 516 g/mol. The van der Waals surface area contributed by atoms with E-state index in [2.05, 4.69) is 48.5 Å². The second-order valence-corrected chi connectivity index (χ2v) is 14.0. The lowest BCUT2D eigenvalue weighted by Gasteiger charge is -2.79. The molecular formula is C38H38N2O2. The highest BCUT2D eigenvalue weighted by Gasteiger charge is 2.76. The number of rotatable bonds is 6. The van der Waals surface area contributed by atoms with Crippen molar-refractivity contribution in [3.05, 3.63) is 108 Å². The fourth-order valence-corrected chi connectivity index (χ4v) is 11.2. The van der Waals surface area contributed by atoms with Crippen molar-refractivity contribution in [3.8, 4) is 23.0 Å². The van der Waals surface area contributed by atoms with E-state index in [9.17, 15) is 0 Å². The minimum absolute atomic E-state index is 0.190. The molecule has 4 N–H and O–H groups in total. The van der Waals surface area contributed by atoms with Crippen molar-refractivity contribution in [1.82, 2.24) is 0 Å². The quantitative estimate of drug-likeness (QED) is 0.234. The third-order valence-corrected chi connectivity index (χ3v) is 12.2. The van der Waals surface area contributed by atoms with Crippen LogP contribution in [0.25, 0.3) is 0 Å². The van der Waals surface area contributed by atoms with E-state index in [1.165, 1.54) is 49.7 Å². The van der Waals surface area contributed by atoms with Crippen molar-refractivity contribution >= 4 is 11.4 Å². The van der Waals surface area contributed by atoms with Crippen LogP contribution in [0.15, 0.2) is 97.1 Å². The molecule has 4 nitrogen and oxygen atoms in total. The lowest BCUT2D eigenvalue weighted by atomic mass is 9.24. The van der Waals surface area contributed by atoms with Gasteiger partial charge >= 0.3 is 0 Å². The van der Waals surface area contributed by atoms with Gasteiger partial charge in [0.2, 0.25) is 0 Å². The first-order valence-electron chi connectivity index (χ1n) is 15.8. The van der Waals surface area contributed by atoms with Crippen LogP contribution in [0.2, 0.25) is 0 Å². The normalized spacial score (nSPS) is 35.0. The molecule has 8 atom stereocenters. The fourth-order valence-electron chi connectivity index (χ4n) is 11.2. The van der Waals surface area contributed by atoms with Gasteiger partial charge in [-0.05, 0) is 158 Å². The smallest absolute Gasteiger partial charge is 0.127 e. The van der Waals surface area contributed by atoms with Gasteiger partial charge in [-0.3, -0.25) is 0 Å². The number of nitrogens with two attached hydrogens (primary N) is 2. The zero-order valence-corrected chi connectivity index (χ0v) is 23.9. The highest BCUT2D eigenvalue weighted by molar-refractivity contribution is 5.51. The average molecular weight is 555 g/mol. The van der Waals surface area contributed by atoms with Gasteiger partial charge in [-0.15, -0.1) is 0 Å². The van der Waals surface area contributed by atoms with Crippen molar-refractivity contribution in [3.63, 3.8) is 0 Å². The van der Waals surface area contributed by atoms with Crippen LogP contribution in [0.3, 0.4) is 0 Å². The first kappa shape index (κ1) is 24.7. The number of benzene rings is 4. The van der Waals surface area contributed by atoms with Crippen LogP contribution < -0.4 is 20.9 Å². The van der Waals surface area contributed by atoms with Crippen molar-refractivity contribution in [2.24, 2.45) is 35.5 Å². The Hall–Kier alpha value is -3.92. The Morgan fingerprint density at radius 3 is 1.14 bits per heavy atom. The molecule has 0 aliphatic heterocycles. The molecule has 0 radical (unpaired) electrons. The van der Waals surface area contributed by atoms with Crippen LogP contribution >= 0.6 is 0 Å². The van der Waals surface area contributed by atoms with E-state index in [-0.39, 0.29) is 10.8 Å². The van der Waals surface area contributed by atoms with Gasteiger partial charge < -0.3 is 20.9 Å². The molecule has 7 saturated carbocycles. The molecule has 7 aliphatic rings. The SMILES string of the molecule is Nc1ccc(Oc2ccc(C34CC5CC6C7CC(CC63)CC4(c3ccc(Oc4ccc(N)cc4)cc3)C7C5)cc2)cc1. The number of hydrogen-bond donors (Lipinski definition) is 2. The average Bonchev–Trinajstić information content (AvgIpc) is 3.02. The molecule has 8 bridgehead atoms. The van der Waals surface area contributed by atoms with Gasteiger partial charge in [0.05, 0.1) is 0 Å². The van der Waals surface area contributed by atoms with Gasteiger partial charge in [0.1, 0.15) is 23.0 Å². The molecule has 4 heteroatoms. The molecule has 0 heterocycles. The Kier molecular flexibility index (Phi) is 5.16. The first-order chi connectivity index (χ1) is 20.5. The highest BCUT2D eigenvalue weighted by atomic mass is 16.5. The monoisotopic (exact) mass is 554 g/mol. The summed E-state index contributed by atoms with van der Waals surface area (Å²) in [7, 11) is 0. The largest absolute Gasteiger partial charge is 0.457 e. The summed E-state index contributed by atoms with van der Waals surface area (Å²) in [5, 5.41) is 0. The second kappa shape index (κ2) is 8.80. The van der Waals surface area contributed by atoms with Crippen molar-refractivity contribution < 1.29 is 9.47 Å². The summed E-state index contributed by atoms with van der Waals surface area (Å²) in [6.07, 6.45) is 8.39. The zero-order chi connectivity index (χ0) is 28.1. The van der Waals surface area contributed by atoms with Crippen LogP contribution in [-0.2, 0) is 10.8 Å². The van der Waals surface area contributed by atoms with Crippen molar-refractivity contribution in [2.45, 2.75) is 49.4 Å². The van der Waals surface area contributed by atoms with E-state index in [1.54, 1.807) is 0 Å². The van der Waals surface area contributed by atoms with E-state index >= 15 is 0 Å². The summed E-state index contributed by atoms with van der Waals surface area (Å²) < 4.78 is 12.5. The summed E-state index contributed by atoms with van der Waals surface area (Å²) in [5.74, 6) is 8.47. The minimum Gasteiger partial charge on any atom is -0.457 e. The molecule has 0 amide bonds. The standard InChI is InChI=1S/C38H38N2O2/c39-27-5-13-31(14-6-27)41-29-9-1-25(2-10-29)37-21-23-17-33-34-18-24(19-35(33)37)22-38(37,36(34)20-23)26-3-11-30(12-4-26)42-32-15-7-28(40)8-16-32/h1-16,23-24,33-36H,17-22,39-40H2. The predicted molar refractivity (Wildman–Crippen MR) is 167 cm³/mol. The Labute approximate surface area is 248 Å². The van der Waals surface area contributed by atoms with Crippen molar-refractivity contribution in [1.29, 1.82) is 0 Å². The Bertz CT molecular complexity index is 1510. The van der Waals surface area contributed by atoms with Crippen LogP contribution in [0.5, 0.6) is 23.0 Å². The van der Waals surface area contributed by atoms with Gasteiger partial charge in [-0.2, -0.15) is 0 Å². The molecule has 0 aromatic heterocycles. The topological polar surface area (TPSA) is 70.5 Å². The van der Waals surface area contributed by atoms with Gasteiger partial charge in [-0.1, -0.05) is 24.3 Å². The molecule has 11 rings (SSSR count). The lowest BCUT2D eigenvalue weighted by Crippen LogP contribution is -2.76. The highest BCUT2D eigenvalue weighted by Crippen LogP contribution is 2.80. The van der Waals surface area contributed by atoms with E-state index in [4.69, 9.17) is 20.9 Å². The fraction of sp³-hybridized carbons (Fsp3) is 0.368. The third kappa shape index (κ3) is 3.35. The Balaban J connectivity index is 1.11. The molecule has 42 heavy (non-hydrogen) atoms. The Morgan fingerprint density at radius 2 is 0.786 bits per heavy atom. The van der Waals surface area contributed by atoms with Gasteiger partial charge in [0, 0.05) is 22.2 Å². The maximum atomic E-state index is 6.23. The summed E-state index contributed by atoms with van der Waals surface area (Å²) in [6.45, 7) is 0. The van der Waals surface area contributed by atoms with Crippen molar-refractivity contribution in [2.75, 3.05) is 11.5 Å². The molecule has 4 aromatic carbocycles. The number of ether oxygens (including phenoxy) is 2. The van der Waals surface area contributed by atoms with E-state index in [0.29, 0.717) is 0 Å². The molecule has 212 valence electrons. The molecule has 0 spiro atoms. The van der Waals surface area contributed by atoms with E-state index in [0.717, 1.165) is 69.9 Å². The predicted octanol–water partition coefficient (Wildman–Crippen LogP) is 8.72. The van der Waals surface area contributed by atoms with E-state index in [1.807, 2.05) is 48.5 Å². The van der Waals surface area contributed by atoms with Gasteiger partial charge in [-0.25, -0.2) is 0 Å². The second-order valence-electron chi connectivity index (χ2n) is 14.0. The van der Waals surface area contributed by atoms with Gasteiger partial charge in [0.15, 0.2) is 0 Å². The summed E-state index contributed by atoms with van der Waals surface area (Å²) >= 11 is 0. The lowest BCUT2D eigenvalue weighted by molar-refractivity contribution is -0.238. The molecule has 4 aromatic rings. The van der Waals surface area contributed by atoms with Crippen LogP contribution in [-0.4, -0.2) is 0 Å². The summed E-state index contributed by atoms with van der Waals surface area (Å²) in [6, 6.07) is 33.8. The van der Waals surface area contributed by atoms with E-state index < -0.39 is 0 Å². The molecule has 7 aliphatic carbocycles. The maximum absolute atomic E-state index is 6.23. The first-order valence-corrected chi connectivity index (χ1v) is 15.8. The van der Waals surface area contributed by atoms with Crippen LogP contribution in [0.4, 0.5) is 11.4 Å². The number of hydrogen-bond acceptors (Lipinski definition) is 4. The maximum Gasteiger partial charge on any atom is 0.127 e. The van der Waals surface area contributed by atoms with Crippen LogP contribution in [0, 0.1) is 35.5 Å². The van der Waals surface area contributed by atoms with Crippen LogP contribution in [0.1, 0.15) is 49.7 Å². The number of nitrogen functional groups attached to an aromatic ring is 2. The third-order valence-electron chi connectivity index (χ3n) is 12.2. The summed E-state index contributed by atoms with van der Waals surface area (Å²) in [4.78, 5) is 0. The molecule has 8 unspecified atom stereocenters. The minimum atomic E-state index is 0.190.